The highest BCUT2D eigenvalue weighted by Gasteiger charge is 2.17. The Labute approximate surface area is 164 Å². The molecule has 7 heteroatoms. The molecule has 0 radical (unpaired) electrons. The Bertz CT molecular complexity index is 960. The van der Waals surface area contributed by atoms with Gasteiger partial charge in [0.15, 0.2) is 0 Å². The van der Waals surface area contributed by atoms with Gasteiger partial charge in [-0.1, -0.05) is 12.1 Å². The molecular weight excluding hydrogens is 356 g/mol. The molecule has 1 aromatic carbocycles. The van der Waals surface area contributed by atoms with Gasteiger partial charge in [0.2, 0.25) is 0 Å². The zero-order valence-corrected chi connectivity index (χ0v) is 16.3. The number of rotatable bonds is 7. The predicted octanol–water partition coefficient (Wildman–Crippen LogP) is 2.84. The van der Waals surface area contributed by atoms with Crippen LogP contribution in [-0.2, 0) is 18.3 Å². The number of carbonyl (C=O) groups excluding carboxylic acids is 2. The molecule has 3 rings (SSSR count). The topological polar surface area (TPSA) is 69.4 Å². The number of likely N-dealkylation sites (N-methyl/N-ethyl adjacent to an activating group) is 1. The van der Waals surface area contributed by atoms with E-state index in [0.29, 0.717) is 30.9 Å². The summed E-state index contributed by atoms with van der Waals surface area (Å²) in [5, 5.41) is 4.18. The molecule has 0 aliphatic carbocycles. The number of ether oxygens (including phenoxy) is 1. The lowest BCUT2D eigenvalue weighted by Crippen LogP contribution is -2.33. The second-order valence-corrected chi connectivity index (χ2v) is 6.45. The van der Waals surface area contributed by atoms with E-state index in [2.05, 4.69) is 5.10 Å². The fourth-order valence-corrected chi connectivity index (χ4v) is 3.10. The fourth-order valence-electron chi connectivity index (χ4n) is 3.10. The van der Waals surface area contributed by atoms with Crippen LogP contribution in [-0.4, -0.2) is 51.3 Å². The Morgan fingerprint density at radius 3 is 2.68 bits per heavy atom. The van der Waals surface area contributed by atoms with Crippen molar-refractivity contribution in [1.29, 1.82) is 0 Å². The van der Waals surface area contributed by atoms with E-state index in [-0.39, 0.29) is 5.91 Å². The number of carbonyl (C=O) groups is 2. The van der Waals surface area contributed by atoms with E-state index in [0.717, 1.165) is 11.1 Å². The number of nitrogens with zero attached hydrogens (tertiary/aromatic N) is 4. The molecule has 28 heavy (non-hydrogen) atoms. The summed E-state index contributed by atoms with van der Waals surface area (Å²) in [6, 6.07) is 11.1. The quantitative estimate of drug-likeness (QED) is 0.591. The monoisotopic (exact) mass is 380 g/mol. The summed E-state index contributed by atoms with van der Waals surface area (Å²) in [4.78, 5) is 26.6. The maximum Gasteiger partial charge on any atom is 0.354 e. The number of amides is 1. The number of aryl methyl sites for hydroxylation is 1. The van der Waals surface area contributed by atoms with Crippen LogP contribution in [0.25, 0.3) is 11.1 Å². The van der Waals surface area contributed by atoms with Gasteiger partial charge in [0.25, 0.3) is 5.91 Å². The molecule has 0 atom stereocenters. The SMILES string of the molecule is CCN(CCn1cccn1)C(=O)c1cccc(-c2cc(C(=O)OC)n(C)c2)c1. The van der Waals surface area contributed by atoms with Crippen molar-refractivity contribution in [3.8, 4) is 11.1 Å². The van der Waals surface area contributed by atoms with Crippen LogP contribution in [0.5, 0.6) is 0 Å². The van der Waals surface area contributed by atoms with Gasteiger partial charge in [0.1, 0.15) is 5.69 Å². The van der Waals surface area contributed by atoms with E-state index in [1.807, 2.05) is 54.3 Å². The van der Waals surface area contributed by atoms with Crippen molar-refractivity contribution in [2.45, 2.75) is 13.5 Å². The van der Waals surface area contributed by atoms with Gasteiger partial charge in [0.05, 0.1) is 13.7 Å². The van der Waals surface area contributed by atoms with E-state index < -0.39 is 5.97 Å². The number of methoxy groups -OCH3 is 1. The standard InChI is InChI=1S/C21H24N4O3/c1-4-24(11-12-25-10-6-9-22-25)20(26)17-8-5-7-16(13-17)18-14-19(21(27)28-3)23(2)15-18/h5-10,13-15H,4,11-12H2,1-3H3. The van der Waals surface area contributed by atoms with Gasteiger partial charge in [-0.25, -0.2) is 4.79 Å². The molecule has 2 heterocycles. The number of hydrogen-bond acceptors (Lipinski definition) is 4. The minimum Gasteiger partial charge on any atom is -0.464 e. The average molecular weight is 380 g/mol. The van der Waals surface area contributed by atoms with Gasteiger partial charge >= 0.3 is 5.97 Å². The summed E-state index contributed by atoms with van der Waals surface area (Å²) in [6.07, 6.45) is 5.46. The Kier molecular flexibility index (Phi) is 5.93. The molecule has 0 aliphatic heterocycles. The second kappa shape index (κ2) is 8.56. The molecule has 2 aromatic heterocycles. The van der Waals surface area contributed by atoms with Gasteiger partial charge in [-0.05, 0) is 36.8 Å². The number of aromatic nitrogens is 3. The highest BCUT2D eigenvalue weighted by atomic mass is 16.5. The van der Waals surface area contributed by atoms with Crippen molar-refractivity contribution in [2.75, 3.05) is 20.2 Å². The maximum absolute atomic E-state index is 13.0. The molecule has 1 amide bonds. The Morgan fingerprint density at radius 1 is 1.18 bits per heavy atom. The first-order valence-electron chi connectivity index (χ1n) is 9.15. The van der Waals surface area contributed by atoms with E-state index in [1.165, 1.54) is 7.11 Å². The first-order chi connectivity index (χ1) is 13.5. The summed E-state index contributed by atoms with van der Waals surface area (Å²) in [7, 11) is 3.15. The third-order valence-electron chi connectivity index (χ3n) is 4.67. The lowest BCUT2D eigenvalue weighted by molar-refractivity contribution is 0.0589. The molecular formula is C21H24N4O3. The van der Waals surface area contributed by atoms with Gasteiger partial charge in [-0.2, -0.15) is 5.10 Å². The lowest BCUT2D eigenvalue weighted by Gasteiger charge is -2.21. The number of esters is 1. The van der Waals surface area contributed by atoms with Crippen LogP contribution in [0, 0.1) is 0 Å². The molecule has 3 aromatic rings. The minimum atomic E-state index is -0.392. The molecule has 0 aliphatic rings. The smallest absolute Gasteiger partial charge is 0.354 e. The van der Waals surface area contributed by atoms with Crippen molar-refractivity contribution in [3.63, 3.8) is 0 Å². The van der Waals surface area contributed by atoms with Gasteiger partial charge in [-0.3, -0.25) is 9.48 Å². The van der Waals surface area contributed by atoms with E-state index in [1.54, 1.807) is 28.8 Å². The van der Waals surface area contributed by atoms with Crippen LogP contribution in [0.1, 0.15) is 27.8 Å². The van der Waals surface area contributed by atoms with Gasteiger partial charge in [0, 0.05) is 49.9 Å². The van der Waals surface area contributed by atoms with Crippen molar-refractivity contribution in [1.82, 2.24) is 19.2 Å². The Morgan fingerprint density at radius 2 is 2.00 bits per heavy atom. The molecule has 0 saturated carbocycles. The van der Waals surface area contributed by atoms with Crippen molar-refractivity contribution >= 4 is 11.9 Å². The summed E-state index contributed by atoms with van der Waals surface area (Å²) < 4.78 is 8.33. The highest BCUT2D eigenvalue weighted by molar-refractivity contribution is 5.96. The first kappa shape index (κ1) is 19.4. The molecule has 0 unspecified atom stereocenters. The second-order valence-electron chi connectivity index (χ2n) is 6.45. The fraction of sp³-hybridized carbons (Fsp3) is 0.286. The lowest BCUT2D eigenvalue weighted by atomic mass is 10.0. The van der Waals surface area contributed by atoms with Crippen LogP contribution in [0.2, 0.25) is 0 Å². The molecule has 0 N–H and O–H groups in total. The molecule has 0 bridgehead atoms. The molecule has 146 valence electrons. The highest BCUT2D eigenvalue weighted by Crippen LogP contribution is 2.24. The van der Waals surface area contributed by atoms with Gasteiger partial charge in [-0.15, -0.1) is 0 Å². The predicted molar refractivity (Wildman–Crippen MR) is 106 cm³/mol. The third kappa shape index (κ3) is 4.14. The van der Waals surface area contributed by atoms with E-state index in [4.69, 9.17) is 4.74 Å². The van der Waals surface area contributed by atoms with Crippen LogP contribution in [0.15, 0.2) is 55.0 Å². The summed E-state index contributed by atoms with van der Waals surface area (Å²) >= 11 is 0. The van der Waals surface area contributed by atoms with Crippen LogP contribution in [0.3, 0.4) is 0 Å². The zero-order chi connectivity index (χ0) is 20.1. The first-order valence-corrected chi connectivity index (χ1v) is 9.15. The van der Waals surface area contributed by atoms with Crippen LogP contribution < -0.4 is 0 Å². The van der Waals surface area contributed by atoms with E-state index >= 15 is 0 Å². The zero-order valence-electron chi connectivity index (χ0n) is 16.3. The minimum absolute atomic E-state index is 0.0272. The number of hydrogen-bond donors (Lipinski definition) is 0. The summed E-state index contributed by atoms with van der Waals surface area (Å²) in [5.41, 5.74) is 2.81. The molecule has 0 fully saturated rings. The number of benzene rings is 1. The molecule has 7 nitrogen and oxygen atoms in total. The Hall–Kier alpha value is -3.35. The normalized spacial score (nSPS) is 10.7. The van der Waals surface area contributed by atoms with E-state index in [9.17, 15) is 9.59 Å². The summed E-state index contributed by atoms with van der Waals surface area (Å²) in [6.45, 7) is 3.80. The van der Waals surface area contributed by atoms with Crippen LogP contribution in [0.4, 0.5) is 0 Å². The molecule has 0 saturated heterocycles. The average Bonchev–Trinajstić information content (AvgIpc) is 3.37. The van der Waals surface area contributed by atoms with Crippen molar-refractivity contribution < 1.29 is 14.3 Å². The van der Waals surface area contributed by atoms with Crippen molar-refractivity contribution in [2.24, 2.45) is 7.05 Å². The van der Waals surface area contributed by atoms with Gasteiger partial charge < -0.3 is 14.2 Å². The molecule has 0 spiro atoms. The van der Waals surface area contributed by atoms with Crippen molar-refractivity contribution in [3.05, 3.63) is 66.2 Å². The third-order valence-corrected chi connectivity index (χ3v) is 4.67. The Balaban J connectivity index is 1.80. The van der Waals surface area contributed by atoms with Crippen LogP contribution >= 0.6 is 0 Å². The maximum atomic E-state index is 13.0. The largest absolute Gasteiger partial charge is 0.464 e. The summed E-state index contributed by atoms with van der Waals surface area (Å²) in [5.74, 6) is -0.419.